The molecule has 28 heavy (non-hydrogen) atoms. The van der Waals surface area contributed by atoms with E-state index in [0.29, 0.717) is 39.1 Å². The van der Waals surface area contributed by atoms with Gasteiger partial charge in [-0.3, -0.25) is 9.59 Å². The van der Waals surface area contributed by atoms with E-state index in [9.17, 15) is 9.59 Å². The lowest BCUT2D eigenvalue weighted by atomic mass is 9.78. The minimum atomic E-state index is -0.159. The zero-order chi connectivity index (χ0) is 19.4. The molecule has 0 radical (unpaired) electrons. The maximum atomic E-state index is 13.0. The summed E-state index contributed by atoms with van der Waals surface area (Å²) in [4.78, 5) is 27.7. The van der Waals surface area contributed by atoms with Crippen LogP contribution in [0.5, 0.6) is 0 Å². The third kappa shape index (κ3) is 4.40. The third-order valence-electron chi connectivity index (χ3n) is 6.79. The smallest absolute Gasteiger partial charge is 0.223 e. The second kappa shape index (κ2) is 8.64. The van der Waals surface area contributed by atoms with Crippen molar-refractivity contribution >= 4 is 11.8 Å². The highest BCUT2D eigenvalue weighted by molar-refractivity contribution is 5.81. The van der Waals surface area contributed by atoms with Crippen LogP contribution in [-0.4, -0.2) is 43.0 Å². The van der Waals surface area contributed by atoms with Gasteiger partial charge in [-0.15, -0.1) is 0 Å². The molecule has 1 aliphatic heterocycles. The lowest BCUT2D eigenvalue weighted by molar-refractivity contribution is -0.138. The molecule has 4 rings (SSSR count). The molecule has 3 aliphatic rings. The fourth-order valence-corrected chi connectivity index (χ4v) is 5.28. The van der Waals surface area contributed by atoms with Crippen molar-refractivity contribution < 1.29 is 14.3 Å². The number of nitrogens with one attached hydrogen (secondary N) is 1. The highest BCUT2D eigenvalue weighted by Crippen LogP contribution is 2.44. The van der Waals surface area contributed by atoms with Crippen LogP contribution in [0.15, 0.2) is 24.3 Å². The van der Waals surface area contributed by atoms with Crippen LogP contribution < -0.4 is 5.32 Å². The fourth-order valence-electron chi connectivity index (χ4n) is 5.28. The van der Waals surface area contributed by atoms with Crippen molar-refractivity contribution in [1.29, 1.82) is 0 Å². The van der Waals surface area contributed by atoms with Crippen LogP contribution in [0.1, 0.15) is 68.5 Å². The summed E-state index contributed by atoms with van der Waals surface area (Å²) in [5, 5.41) is 3.30. The maximum Gasteiger partial charge on any atom is 0.223 e. The van der Waals surface area contributed by atoms with E-state index in [4.69, 9.17) is 4.74 Å². The zero-order valence-electron chi connectivity index (χ0n) is 16.8. The van der Waals surface area contributed by atoms with Gasteiger partial charge in [0, 0.05) is 25.9 Å². The molecule has 2 aliphatic carbocycles. The Hall–Kier alpha value is -1.88. The Balaban J connectivity index is 1.39. The Morgan fingerprint density at radius 1 is 1.07 bits per heavy atom. The zero-order valence-corrected chi connectivity index (χ0v) is 16.8. The van der Waals surface area contributed by atoms with Gasteiger partial charge in [-0.2, -0.15) is 0 Å². The van der Waals surface area contributed by atoms with Gasteiger partial charge >= 0.3 is 0 Å². The number of aryl methyl sites for hydroxylation is 1. The van der Waals surface area contributed by atoms with E-state index in [0.717, 1.165) is 44.9 Å². The van der Waals surface area contributed by atoms with Gasteiger partial charge in [0.25, 0.3) is 0 Å². The number of hydrogen-bond donors (Lipinski definition) is 1. The molecule has 1 atom stereocenters. The van der Waals surface area contributed by atoms with Gasteiger partial charge in [-0.05, 0) is 48.6 Å². The van der Waals surface area contributed by atoms with Crippen LogP contribution in [0.4, 0.5) is 0 Å². The standard InChI is InChI=1S/C23H32N2O3/c26-21(24-20-9-5-7-18-6-1-2-8-19(18)20)16-23(10-3-4-11-23)17-22(27)25-12-14-28-15-13-25/h1-2,6,8,20H,3-5,7,9-17H2,(H,24,26). The summed E-state index contributed by atoms with van der Waals surface area (Å²) < 4.78 is 5.36. The monoisotopic (exact) mass is 384 g/mol. The molecule has 152 valence electrons. The van der Waals surface area contributed by atoms with Crippen molar-refractivity contribution in [2.24, 2.45) is 5.41 Å². The highest BCUT2D eigenvalue weighted by atomic mass is 16.5. The quantitative estimate of drug-likeness (QED) is 0.847. The topological polar surface area (TPSA) is 58.6 Å². The number of morpholine rings is 1. The molecule has 1 saturated heterocycles. The van der Waals surface area contributed by atoms with Gasteiger partial charge in [0.05, 0.1) is 19.3 Å². The summed E-state index contributed by atoms with van der Waals surface area (Å²) in [7, 11) is 0. The predicted molar refractivity (Wildman–Crippen MR) is 108 cm³/mol. The molecule has 0 aromatic heterocycles. The largest absolute Gasteiger partial charge is 0.378 e. The first-order valence-electron chi connectivity index (χ1n) is 10.9. The van der Waals surface area contributed by atoms with E-state index in [2.05, 4.69) is 29.6 Å². The first kappa shape index (κ1) is 19.4. The van der Waals surface area contributed by atoms with Crippen LogP contribution in [0.3, 0.4) is 0 Å². The first-order chi connectivity index (χ1) is 13.7. The molecule has 1 saturated carbocycles. The molecule has 1 aromatic carbocycles. The Labute approximate surface area is 167 Å². The van der Waals surface area contributed by atoms with Crippen molar-refractivity contribution in [3.05, 3.63) is 35.4 Å². The van der Waals surface area contributed by atoms with Crippen LogP contribution in [0, 0.1) is 5.41 Å². The fraction of sp³-hybridized carbons (Fsp3) is 0.652. The molecule has 2 amide bonds. The molecule has 1 N–H and O–H groups in total. The van der Waals surface area contributed by atoms with Gasteiger partial charge < -0.3 is 15.0 Å². The van der Waals surface area contributed by atoms with Crippen LogP contribution in [0.2, 0.25) is 0 Å². The second-order valence-electron chi connectivity index (χ2n) is 8.76. The summed E-state index contributed by atoms with van der Waals surface area (Å²) in [5.74, 6) is 0.305. The summed E-state index contributed by atoms with van der Waals surface area (Å²) in [6, 6.07) is 8.57. The van der Waals surface area contributed by atoms with Crippen molar-refractivity contribution in [3.8, 4) is 0 Å². The van der Waals surface area contributed by atoms with Gasteiger partial charge in [0.2, 0.25) is 11.8 Å². The third-order valence-corrected chi connectivity index (χ3v) is 6.79. The summed E-state index contributed by atoms with van der Waals surface area (Å²) in [6.07, 6.45) is 8.40. The molecular formula is C23H32N2O3. The van der Waals surface area contributed by atoms with Crippen LogP contribution in [0.25, 0.3) is 0 Å². The average molecular weight is 385 g/mol. The Bertz CT molecular complexity index is 706. The molecule has 0 spiro atoms. The molecule has 1 aromatic rings. The number of carbonyl (C=O) groups excluding carboxylic acids is 2. The second-order valence-corrected chi connectivity index (χ2v) is 8.76. The average Bonchev–Trinajstić information content (AvgIpc) is 3.16. The molecule has 0 bridgehead atoms. The Morgan fingerprint density at radius 3 is 2.61 bits per heavy atom. The molecule has 1 heterocycles. The number of fused-ring (bicyclic) bond motifs is 1. The van der Waals surface area contributed by atoms with Crippen molar-refractivity contribution in [3.63, 3.8) is 0 Å². The molecule has 2 fully saturated rings. The van der Waals surface area contributed by atoms with Gasteiger partial charge in [0.1, 0.15) is 0 Å². The van der Waals surface area contributed by atoms with Crippen molar-refractivity contribution in [2.45, 2.75) is 63.8 Å². The maximum absolute atomic E-state index is 13.0. The number of amides is 2. The summed E-state index contributed by atoms with van der Waals surface area (Å²) in [5.41, 5.74) is 2.47. The minimum absolute atomic E-state index is 0.110. The number of rotatable bonds is 5. The van der Waals surface area contributed by atoms with E-state index in [1.54, 1.807) is 0 Å². The van der Waals surface area contributed by atoms with E-state index in [1.165, 1.54) is 11.1 Å². The molecule has 5 heteroatoms. The van der Waals surface area contributed by atoms with Crippen LogP contribution in [-0.2, 0) is 20.7 Å². The number of hydrogen-bond acceptors (Lipinski definition) is 3. The Morgan fingerprint density at radius 2 is 1.82 bits per heavy atom. The number of nitrogens with zero attached hydrogens (tertiary/aromatic N) is 1. The van der Waals surface area contributed by atoms with Gasteiger partial charge in [-0.25, -0.2) is 0 Å². The van der Waals surface area contributed by atoms with Crippen molar-refractivity contribution in [1.82, 2.24) is 10.2 Å². The highest BCUT2D eigenvalue weighted by Gasteiger charge is 2.39. The lowest BCUT2D eigenvalue weighted by Crippen LogP contribution is -2.43. The van der Waals surface area contributed by atoms with Gasteiger partial charge in [0.15, 0.2) is 0 Å². The van der Waals surface area contributed by atoms with E-state index < -0.39 is 0 Å². The van der Waals surface area contributed by atoms with E-state index in [-0.39, 0.29) is 23.3 Å². The Kier molecular flexibility index (Phi) is 6.00. The van der Waals surface area contributed by atoms with Gasteiger partial charge in [-0.1, -0.05) is 37.1 Å². The molecule has 1 unspecified atom stereocenters. The van der Waals surface area contributed by atoms with E-state index in [1.807, 2.05) is 4.90 Å². The van der Waals surface area contributed by atoms with Crippen LogP contribution >= 0.6 is 0 Å². The number of benzene rings is 1. The SMILES string of the molecule is O=C(CC1(CC(=O)N2CCOCC2)CCCC1)NC1CCCc2ccccc21. The molecule has 5 nitrogen and oxygen atoms in total. The summed E-state index contributed by atoms with van der Waals surface area (Å²) >= 11 is 0. The number of ether oxygens (including phenoxy) is 1. The predicted octanol–water partition coefficient (Wildman–Crippen LogP) is 3.38. The normalized spacial score (nSPS) is 23.9. The lowest BCUT2D eigenvalue weighted by Gasteiger charge is -2.34. The number of carbonyl (C=O) groups is 2. The van der Waals surface area contributed by atoms with E-state index >= 15 is 0 Å². The minimum Gasteiger partial charge on any atom is -0.378 e. The molecular weight excluding hydrogens is 352 g/mol. The first-order valence-corrected chi connectivity index (χ1v) is 10.9. The van der Waals surface area contributed by atoms with Crippen molar-refractivity contribution in [2.75, 3.05) is 26.3 Å². The summed E-state index contributed by atoms with van der Waals surface area (Å²) in [6.45, 7) is 2.61.